The highest BCUT2D eigenvalue weighted by atomic mass is 16.5. The van der Waals surface area contributed by atoms with E-state index in [0.29, 0.717) is 11.3 Å². The standard InChI is InChI=1S/C20H22N2O7/c1-6-29-20(26)16-10(2)15(11(3)21-16)17(23)22-14-9-12(18(24)27-4)7-8-13(14)19(25)28-5/h7-9,21H,6H2,1-5H3,(H,22,23). The van der Waals surface area contributed by atoms with Crippen LogP contribution in [0, 0.1) is 13.8 Å². The summed E-state index contributed by atoms with van der Waals surface area (Å²) in [4.78, 5) is 51.7. The van der Waals surface area contributed by atoms with Gasteiger partial charge in [0.05, 0.1) is 43.2 Å². The maximum atomic E-state index is 12.9. The van der Waals surface area contributed by atoms with Crippen molar-refractivity contribution in [2.24, 2.45) is 0 Å². The Balaban J connectivity index is 2.45. The fraction of sp³-hybridized carbons (Fsp3) is 0.300. The molecule has 2 aromatic rings. The molecule has 1 amide bonds. The van der Waals surface area contributed by atoms with Crippen molar-refractivity contribution in [1.82, 2.24) is 4.98 Å². The van der Waals surface area contributed by atoms with Crippen LogP contribution in [0.5, 0.6) is 0 Å². The average molecular weight is 402 g/mol. The lowest BCUT2D eigenvalue weighted by Crippen LogP contribution is -2.18. The van der Waals surface area contributed by atoms with Gasteiger partial charge in [-0.2, -0.15) is 0 Å². The molecule has 0 spiro atoms. The SMILES string of the molecule is CCOC(=O)c1[nH]c(C)c(C(=O)Nc2cc(C(=O)OC)ccc2C(=O)OC)c1C. The number of nitrogens with one attached hydrogen (secondary N) is 2. The molecule has 0 saturated carbocycles. The van der Waals surface area contributed by atoms with Gasteiger partial charge in [0.2, 0.25) is 0 Å². The normalized spacial score (nSPS) is 10.2. The van der Waals surface area contributed by atoms with Gasteiger partial charge < -0.3 is 24.5 Å². The molecule has 0 saturated heterocycles. The van der Waals surface area contributed by atoms with Crippen molar-refractivity contribution in [2.45, 2.75) is 20.8 Å². The van der Waals surface area contributed by atoms with Gasteiger partial charge >= 0.3 is 17.9 Å². The van der Waals surface area contributed by atoms with Crippen LogP contribution >= 0.6 is 0 Å². The second kappa shape index (κ2) is 9.05. The number of hydrogen-bond acceptors (Lipinski definition) is 7. The second-order valence-corrected chi connectivity index (χ2v) is 6.04. The molecule has 0 aliphatic rings. The summed E-state index contributed by atoms with van der Waals surface area (Å²) < 4.78 is 14.4. The molecule has 2 N–H and O–H groups in total. The number of aryl methyl sites for hydroxylation is 1. The molecule has 0 bridgehead atoms. The molecule has 9 heteroatoms. The molecule has 0 aliphatic carbocycles. The number of hydrogen-bond donors (Lipinski definition) is 2. The molecule has 0 fully saturated rings. The minimum atomic E-state index is -0.688. The van der Waals surface area contributed by atoms with E-state index in [4.69, 9.17) is 9.47 Å². The predicted octanol–water partition coefficient (Wildman–Crippen LogP) is 2.63. The van der Waals surface area contributed by atoms with E-state index in [1.807, 2.05) is 0 Å². The average Bonchev–Trinajstić information content (AvgIpc) is 3.01. The van der Waals surface area contributed by atoms with Gasteiger partial charge in [-0.1, -0.05) is 0 Å². The number of ether oxygens (including phenoxy) is 3. The largest absolute Gasteiger partial charge is 0.465 e. The first-order chi connectivity index (χ1) is 13.7. The number of carbonyl (C=O) groups is 4. The molecule has 0 radical (unpaired) electrons. The Morgan fingerprint density at radius 3 is 2.24 bits per heavy atom. The number of aromatic nitrogens is 1. The summed E-state index contributed by atoms with van der Waals surface area (Å²) in [5.41, 5.74) is 1.53. The number of methoxy groups -OCH3 is 2. The van der Waals surface area contributed by atoms with E-state index in [1.165, 1.54) is 32.4 Å². The molecule has 29 heavy (non-hydrogen) atoms. The Bertz CT molecular complexity index is 975. The second-order valence-electron chi connectivity index (χ2n) is 6.04. The molecule has 154 valence electrons. The molecule has 1 aromatic carbocycles. The zero-order valence-electron chi connectivity index (χ0n) is 16.8. The van der Waals surface area contributed by atoms with Gasteiger partial charge in [-0.15, -0.1) is 0 Å². The number of anilines is 1. The van der Waals surface area contributed by atoms with Crippen molar-refractivity contribution in [3.63, 3.8) is 0 Å². The first-order valence-electron chi connectivity index (χ1n) is 8.73. The summed E-state index contributed by atoms with van der Waals surface area (Å²) >= 11 is 0. The maximum absolute atomic E-state index is 12.9. The molecule has 0 aliphatic heterocycles. The van der Waals surface area contributed by atoms with Crippen LogP contribution in [0.1, 0.15) is 59.7 Å². The minimum Gasteiger partial charge on any atom is -0.465 e. The van der Waals surface area contributed by atoms with Crippen LogP contribution in [0.2, 0.25) is 0 Å². The van der Waals surface area contributed by atoms with Crippen molar-refractivity contribution in [2.75, 3.05) is 26.1 Å². The summed E-state index contributed by atoms with van der Waals surface area (Å²) in [6, 6.07) is 4.06. The zero-order chi connectivity index (χ0) is 21.7. The number of amides is 1. The fourth-order valence-corrected chi connectivity index (χ4v) is 2.86. The number of H-pyrrole nitrogens is 1. The number of esters is 3. The summed E-state index contributed by atoms with van der Waals surface area (Å²) in [6.45, 7) is 5.12. The first kappa shape index (κ1) is 21.7. The molecule has 9 nitrogen and oxygen atoms in total. The van der Waals surface area contributed by atoms with Crippen LogP contribution in [-0.2, 0) is 14.2 Å². The van der Waals surface area contributed by atoms with Gasteiger partial charge in [0.15, 0.2) is 0 Å². The van der Waals surface area contributed by atoms with Crippen LogP contribution in [0.15, 0.2) is 18.2 Å². The molecular formula is C20H22N2O7. The number of carbonyl (C=O) groups excluding carboxylic acids is 4. The highest BCUT2D eigenvalue weighted by Gasteiger charge is 2.24. The van der Waals surface area contributed by atoms with Gasteiger partial charge in [0, 0.05) is 5.69 Å². The fourth-order valence-electron chi connectivity index (χ4n) is 2.86. The Morgan fingerprint density at radius 1 is 1.00 bits per heavy atom. The molecule has 2 rings (SSSR count). The van der Waals surface area contributed by atoms with E-state index in [9.17, 15) is 19.2 Å². The summed E-state index contributed by atoms with van der Waals surface area (Å²) in [6.07, 6.45) is 0. The van der Waals surface area contributed by atoms with Gasteiger partial charge in [-0.25, -0.2) is 14.4 Å². The molecule has 1 aromatic heterocycles. The van der Waals surface area contributed by atoms with Crippen LogP contribution in [0.4, 0.5) is 5.69 Å². The van der Waals surface area contributed by atoms with Crippen molar-refractivity contribution in [1.29, 1.82) is 0 Å². The number of benzene rings is 1. The summed E-state index contributed by atoms with van der Waals surface area (Å²) in [5.74, 6) is -2.46. The topological polar surface area (TPSA) is 124 Å². The Kier molecular flexibility index (Phi) is 6.76. The van der Waals surface area contributed by atoms with Gasteiger partial charge in [-0.3, -0.25) is 4.79 Å². The van der Waals surface area contributed by atoms with Crippen molar-refractivity contribution < 1.29 is 33.4 Å². The van der Waals surface area contributed by atoms with Crippen LogP contribution in [-0.4, -0.2) is 49.6 Å². The minimum absolute atomic E-state index is 0.0601. The van der Waals surface area contributed by atoms with Gasteiger partial charge in [0.1, 0.15) is 5.69 Å². The van der Waals surface area contributed by atoms with Crippen molar-refractivity contribution >= 4 is 29.5 Å². The third-order valence-corrected chi connectivity index (χ3v) is 4.24. The van der Waals surface area contributed by atoms with E-state index in [2.05, 4.69) is 15.0 Å². The molecule has 1 heterocycles. The van der Waals surface area contributed by atoms with E-state index < -0.39 is 23.8 Å². The summed E-state index contributed by atoms with van der Waals surface area (Å²) in [5, 5.41) is 2.61. The number of aromatic amines is 1. The predicted molar refractivity (Wildman–Crippen MR) is 103 cm³/mol. The monoisotopic (exact) mass is 402 g/mol. The maximum Gasteiger partial charge on any atom is 0.355 e. The highest BCUT2D eigenvalue weighted by molar-refractivity contribution is 6.11. The van der Waals surface area contributed by atoms with E-state index in [-0.39, 0.29) is 34.7 Å². The van der Waals surface area contributed by atoms with Crippen LogP contribution in [0.25, 0.3) is 0 Å². The quantitative estimate of drug-likeness (QED) is 0.562. The smallest absolute Gasteiger partial charge is 0.355 e. The van der Waals surface area contributed by atoms with Crippen LogP contribution < -0.4 is 5.32 Å². The third kappa shape index (κ3) is 4.45. The van der Waals surface area contributed by atoms with E-state index in [1.54, 1.807) is 20.8 Å². The molecular weight excluding hydrogens is 380 g/mol. The van der Waals surface area contributed by atoms with Gasteiger partial charge in [0.25, 0.3) is 5.91 Å². The molecule has 0 atom stereocenters. The Morgan fingerprint density at radius 2 is 1.66 bits per heavy atom. The highest BCUT2D eigenvalue weighted by Crippen LogP contribution is 2.24. The first-order valence-corrected chi connectivity index (χ1v) is 8.73. The Labute approximate surface area is 167 Å². The van der Waals surface area contributed by atoms with Crippen LogP contribution in [0.3, 0.4) is 0 Å². The van der Waals surface area contributed by atoms with Gasteiger partial charge in [-0.05, 0) is 44.5 Å². The Hall–Kier alpha value is -3.62. The van der Waals surface area contributed by atoms with Crippen molar-refractivity contribution in [3.8, 4) is 0 Å². The van der Waals surface area contributed by atoms with E-state index in [0.717, 1.165) is 0 Å². The lowest BCUT2D eigenvalue weighted by Gasteiger charge is -2.12. The number of rotatable bonds is 6. The van der Waals surface area contributed by atoms with E-state index >= 15 is 0 Å². The molecule has 0 unspecified atom stereocenters. The third-order valence-electron chi connectivity index (χ3n) is 4.24. The zero-order valence-corrected chi connectivity index (χ0v) is 16.8. The lowest BCUT2D eigenvalue weighted by atomic mass is 10.1. The lowest BCUT2D eigenvalue weighted by molar-refractivity contribution is 0.0517. The van der Waals surface area contributed by atoms with Crippen molar-refractivity contribution in [3.05, 3.63) is 51.8 Å². The summed E-state index contributed by atoms with van der Waals surface area (Å²) in [7, 11) is 2.42.